The van der Waals surface area contributed by atoms with Crippen LogP contribution >= 0.6 is 11.6 Å². The number of anilines is 1. The molecule has 0 aromatic heterocycles. The molecule has 1 amide bonds. The summed E-state index contributed by atoms with van der Waals surface area (Å²) in [7, 11) is 3.57. The van der Waals surface area contributed by atoms with Gasteiger partial charge in [-0.3, -0.25) is 4.79 Å². The van der Waals surface area contributed by atoms with E-state index >= 15 is 0 Å². The Morgan fingerprint density at radius 2 is 1.92 bits per heavy atom. The van der Waals surface area contributed by atoms with Crippen molar-refractivity contribution in [3.8, 4) is 5.75 Å². The minimum Gasteiger partial charge on any atom is -0.497 e. The Morgan fingerprint density at radius 1 is 1.23 bits per heavy atom. The Kier molecular flexibility index (Phi) is 7.04. The zero-order valence-corrected chi connectivity index (χ0v) is 16.3. The number of halogens is 1. The standard InChI is InChI=1S/C20H24ClN3O2/c1-5-23(3)13-22-19-10-15(2)20(11-18(19)21)24(14-25)12-16-6-8-17(26-4)9-7-16/h6-11,13-14H,5,12H2,1-4H3. The normalized spacial score (nSPS) is 10.8. The van der Waals surface area contributed by atoms with Gasteiger partial charge in [-0.1, -0.05) is 23.7 Å². The SMILES string of the molecule is CCN(C)C=Nc1cc(C)c(N(C=O)Cc2ccc(OC)cc2)cc1Cl. The summed E-state index contributed by atoms with van der Waals surface area (Å²) in [6, 6.07) is 11.3. The smallest absolute Gasteiger partial charge is 0.214 e. The Hall–Kier alpha value is -2.53. The molecule has 0 aliphatic carbocycles. The van der Waals surface area contributed by atoms with E-state index in [-0.39, 0.29) is 0 Å². The summed E-state index contributed by atoms with van der Waals surface area (Å²) in [4.78, 5) is 19.7. The lowest BCUT2D eigenvalue weighted by atomic mass is 10.1. The minimum atomic E-state index is 0.450. The zero-order chi connectivity index (χ0) is 19.1. The van der Waals surface area contributed by atoms with Crippen LogP contribution in [0.3, 0.4) is 0 Å². The first-order valence-electron chi connectivity index (χ1n) is 8.38. The number of ether oxygens (including phenoxy) is 1. The highest BCUT2D eigenvalue weighted by molar-refractivity contribution is 6.33. The number of aliphatic imine (C=N–C) groups is 1. The van der Waals surface area contributed by atoms with Crippen LogP contribution in [0.2, 0.25) is 5.02 Å². The highest BCUT2D eigenvalue weighted by atomic mass is 35.5. The molecule has 0 atom stereocenters. The van der Waals surface area contributed by atoms with Crippen molar-refractivity contribution in [2.24, 2.45) is 4.99 Å². The molecule has 0 saturated heterocycles. The molecule has 0 aliphatic rings. The number of aryl methyl sites for hydroxylation is 1. The average molecular weight is 374 g/mol. The number of carbonyl (C=O) groups is 1. The van der Waals surface area contributed by atoms with Crippen molar-refractivity contribution in [3.63, 3.8) is 0 Å². The number of rotatable bonds is 8. The van der Waals surface area contributed by atoms with Gasteiger partial charge in [-0.15, -0.1) is 0 Å². The second-order valence-corrected chi connectivity index (χ2v) is 6.40. The first kappa shape index (κ1) is 19.8. The molecule has 0 radical (unpaired) electrons. The molecule has 2 aromatic rings. The molecule has 0 bridgehead atoms. The van der Waals surface area contributed by atoms with Gasteiger partial charge < -0.3 is 14.5 Å². The molecule has 0 fully saturated rings. The predicted octanol–water partition coefficient (Wildman–Crippen LogP) is 4.43. The van der Waals surface area contributed by atoms with Gasteiger partial charge in [-0.05, 0) is 49.2 Å². The molecule has 0 heterocycles. The maximum Gasteiger partial charge on any atom is 0.214 e. The molecule has 138 valence electrons. The third kappa shape index (κ3) is 4.99. The van der Waals surface area contributed by atoms with Gasteiger partial charge in [-0.2, -0.15) is 0 Å². The number of amides is 1. The molecule has 26 heavy (non-hydrogen) atoms. The van der Waals surface area contributed by atoms with Crippen LogP contribution in [-0.2, 0) is 11.3 Å². The number of carbonyl (C=O) groups excluding carboxylic acids is 1. The maximum absolute atomic E-state index is 11.7. The van der Waals surface area contributed by atoms with Gasteiger partial charge in [0.05, 0.1) is 30.7 Å². The van der Waals surface area contributed by atoms with Crippen molar-refractivity contribution in [3.05, 3.63) is 52.5 Å². The first-order valence-corrected chi connectivity index (χ1v) is 8.75. The van der Waals surface area contributed by atoms with Gasteiger partial charge in [0.15, 0.2) is 0 Å². The Morgan fingerprint density at radius 3 is 2.50 bits per heavy atom. The monoisotopic (exact) mass is 373 g/mol. The number of benzene rings is 2. The summed E-state index contributed by atoms with van der Waals surface area (Å²) in [6.45, 7) is 5.30. The van der Waals surface area contributed by atoms with Gasteiger partial charge in [0.25, 0.3) is 0 Å². The summed E-state index contributed by atoms with van der Waals surface area (Å²) in [5, 5.41) is 0.507. The van der Waals surface area contributed by atoms with Crippen molar-refractivity contribution < 1.29 is 9.53 Å². The highest BCUT2D eigenvalue weighted by Crippen LogP contribution is 2.33. The van der Waals surface area contributed by atoms with E-state index in [1.807, 2.05) is 56.1 Å². The Balaban J connectivity index is 2.25. The van der Waals surface area contributed by atoms with Crippen LogP contribution in [0.15, 0.2) is 41.4 Å². The Labute approximate surface area is 159 Å². The van der Waals surface area contributed by atoms with Crippen molar-refractivity contribution in [2.45, 2.75) is 20.4 Å². The molecule has 0 aliphatic heterocycles. The van der Waals surface area contributed by atoms with E-state index in [0.29, 0.717) is 17.3 Å². The van der Waals surface area contributed by atoms with Crippen molar-refractivity contribution in [1.82, 2.24) is 4.90 Å². The molecular formula is C20H24ClN3O2. The molecular weight excluding hydrogens is 350 g/mol. The summed E-state index contributed by atoms with van der Waals surface area (Å²) < 4.78 is 5.16. The molecule has 0 spiro atoms. The summed E-state index contributed by atoms with van der Waals surface area (Å²) >= 11 is 6.38. The highest BCUT2D eigenvalue weighted by Gasteiger charge is 2.13. The molecule has 2 aromatic carbocycles. The van der Waals surface area contributed by atoms with E-state index in [4.69, 9.17) is 16.3 Å². The van der Waals surface area contributed by atoms with Crippen LogP contribution in [0.4, 0.5) is 11.4 Å². The van der Waals surface area contributed by atoms with E-state index in [0.717, 1.165) is 35.5 Å². The quantitative estimate of drug-likeness (QED) is 0.390. The summed E-state index contributed by atoms with van der Waals surface area (Å²) in [5.41, 5.74) is 3.38. The number of nitrogens with zero attached hydrogens (tertiary/aromatic N) is 3. The fourth-order valence-corrected chi connectivity index (χ4v) is 2.62. The van der Waals surface area contributed by atoms with Crippen molar-refractivity contribution in [1.29, 1.82) is 0 Å². The fourth-order valence-electron chi connectivity index (χ4n) is 2.41. The molecule has 5 nitrogen and oxygen atoms in total. The largest absolute Gasteiger partial charge is 0.497 e. The summed E-state index contributed by atoms with van der Waals surface area (Å²) in [5.74, 6) is 0.782. The van der Waals surface area contributed by atoms with Crippen LogP contribution in [0.1, 0.15) is 18.1 Å². The first-order chi connectivity index (χ1) is 12.5. The Bertz CT molecular complexity index is 775. The van der Waals surface area contributed by atoms with Gasteiger partial charge in [0.1, 0.15) is 5.75 Å². The van der Waals surface area contributed by atoms with E-state index < -0.39 is 0 Å². The summed E-state index contributed by atoms with van der Waals surface area (Å²) in [6.07, 6.45) is 2.56. The molecule has 0 saturated carbocycles. The van der Waals surface area contributed by atoms with Gasteiger partial charge in [0, 0.05) is 19.3 Å². The fraction of sp³-hybridized carbons (Fsp3) is 0.300. The average Bonchev–Trinajstić information content (AvgIpc) is 2.66. The van der Waals surface area contributed by atoms with Gasteiger partial charge >= 0.3 is 0 Å². The lowest BCUT2D eigenvalue weighted by Gasteiger charge is -2.21. The van der Waals surface area contributed by atoms with Crippen LogP contribution in [0.5, 0.6) is 5.75 Å². The van der Waals surface area contributed by atoms with E-state index in [1.54, 1.807) is 24.4 Å². The van der Waals surface area contributed by atoms with Gasteiger partial charge in [0.2, 0.25) is 6.41 Å². The van der Waals surface area contributed by atoms with Crippen LogP contribution < -0.4 is 9.64 Å². The van der Waals surface area contributed by atoms with Crippen molar-refractivity contribution in [2.75, 3.05) is 25.6 Å². The van der Waals surface area contributed by atoms with E-state index in [9.17, 15) is 4.79 Å². The second kappa shape index (κ2) is 9.25. The number of hydrogen-bond acceptors (Lipinski definition) is 3. The van der Waals surface area contributed by atoms with Crippen LogP contribution in [-0.4, -0.2) is 38.4 Å². The van der Waals surface area contributed by atoms with Gasteiger partial charge in [-0.25, -0.2) is 4.99 Å². The number of hydrogen-bond donors (Lipinski definition) is 0. The van der Waals surface area contributed by atoms with Crippen LogP contribution in [0, 0.1) is 6.92 Å². The zero-order valence-electron chi connectivity index (χ0n) is 15.6. The lowest BCUT2D eigenvalue weighted by molar-refractivity contribution is -0.107. The maximum atomic E-state index is 11.7. The molecule has 6 heteroatoms. The lowest BCUT2D eigenvalue weighted by Crippen LogP contribution is -2.21. The molecule has 0 unspecified atom stereocenters. The number of methoxy groups -OCH3 is 1. The molecule has 2 rings (SSSR count). The topological polar surface area (TPSA) is 45.1 Å². The predicted molar refractivity (Wildman–Crippen MR) is 108 cm³/mol. The third-order valence-electron chi connectivity index (χ3n) is 4.11. The second-order valence-electron chi connectivity index (χ2n) is 5.99. The van der Waals surface area contributed by atoms with E-state index in [1.165, 1.54) is 0 Å². The van der Waals surface area contributed by atoms with Crippen molar-refractivity contribution >= 4 is 35.7 Å². The van der Waals surface area contributed by atoms with Crippen LogP contribution in [0.25, 0.3) is 0 Å². The minimum absolute atomic E-state index is 0.450. The van der Waals surface area contributed by atoms with E-state index in [2.05, 4.69) is 4.99 Å². The third-order valence-corrected chi connectivity index (χ3v) is 4.41. The molecule has 0 N–H and O–H groups in total.